The fourth-order valence-corrected chi connectivity index (χ4v) is 2.63. The normalized spacial score (nSPS) is 11.3. The van der Waals surface area contributed by atoms with Crippen LogP contribution >= 0.6 is 0 Å². The van der Waals surface area contributed by atoms with Gasteiger partial charge in [0.1, 0.15) is 6.61 Å². The second kappa shape index (κ2) is 10.9. The molecule has 0 heterocycles. The van der Waals surface area contributed by atoms with E-state index >= 15 is 0 Å². The van der Waals surface area contributed by atoms with E-state index in [4.69, 9.17) is 19.0 Å². The van der Waals surface area contributed by atoms with Crippen LogP contribution in [0.5, 0.6) is 11.5 Å². The highest BCUT2D eigenvalue weighted by atomic mass is 16.7. The monoisotopic (exact) mass is 402 g/mol. The van der Waals surface area contributed by atoms with Gasteiger partial charge in [0.05, 0.1) is 33.8 Å². The van der Waals surface area contributed by atoms with Gasteiger partial charge in [-0.25, -0.2) is 9.86 Å². The Morgan fingerprint density at radius 3 is 2.31 bits per heavy atom. The lowest BCUT2D eigenvalue weighted by Gasteiger charge is -2.22. The van der Waals surface area contributed by atoms with Gasteiger partial charge in [0.15, 0.2) is 11.5 Å². The molecule has 0 saturated carbocycles. The summed E-state index contributed by atoms with van der Waals surface area (Å²) in [5.74, 6) is 0.722. The van der Waals surface area contributed by atoms with Gasteiger partial charge in [-0.2, -0.15) is 0 Å². The number of alkyl carbamates (subject to hydrolysis) is 1. The van der Waals surface area contributed by atoms with E-state index in [1.165, 1.54) is 28.4 Å². The topological polar surface area (TPSA) is 86.3 Å². The minimum Gasteiger partial charge on any atom is -0.493 e. The van der Waals surface area contributed by atoms with E-state index in [9.17, 15) is 9.59 Å². The Bertz CT molecular complexity index is 812. The third kappa shape index (κ3) is 6.39. The standard InChI is InChI=1S/C21H26N2O6/c1-23(28-4)20(24)13-17(16-10-11-18(26-2)19(12-16)27-3)22-21(25)29-14-15-8-6-5-7-9-15/h5-12,17H,13-14H2,1-4H3,(H,22,25)/t17-/m0/s1. The molecule has 0 aliphatic rings. The lowest BCUT2D eigenvalue weighted by Crippen LogP contribution is -2.34. The highest BCUT2D eigenvalue weighted by Gasteiger charge is 2.23. The first-order valence-electron chi connectivity index (χ1n) is 8.98. The van der Waals surface area contributed by atoms with Gasteiger partial charge in [-0.15, -0.1) is 0 Å². The Morgan fingerprint density at radius 1 is 1.00 bits per heavy atom. The van der Waals surface area contributed by atoms with Crippen LogP contribution in [0.3, 0.4) is 0 Å². The largest absolute Gasteiger partial charge is 0.493 e. The van der Waals surface area contributed by atoms with Gasteiger partial charge < -0.3 is 19.5 Å². The van der Waals surface area contributed by atoms with Crippen molar-refractivity contribution in [2.45, 2.75) is 19.1 Å². The summed E-state index contributed by atoms with van der Waals surface area (Å²) in [5.41, 5.74) is 1.53. The van der Waals surface area contributed by atoms with Crippen LogP contribution in [0.2, 0.25) is 0 Å². The zero-order valence-corrected chi connectivity index (χ0v) is 17.0. The van der Waals surface area contributed by atoms with E-state index < -0.39 is 12.1 Å². The van der Waals surface area contributed by atoms with Gasteiger partial charge in [0.25, 0.3) is 0 Å². The van der Waals surface area contributed by atoms with Crippen LogP contribution < -0.4 is 14.8 Å². The van der Waals surface area contributed by atoms with Crippen LogP contribution in [-0.2, 0) is 21.0 Å². The Morgan fingerprint density at radius 2 is 1.69 bits per heavy atom. The smallest absolute Gasteiger partial charge is 0.407 e. The van der Waals surface area contributed by atoms with E-state index in [0.29, 0.717) is 17.1 Å². The molecule has 1 atom stereocenters. The molecule has 0 spiro atoms. The first-order chi connectivity index (χ1) is 14.0. The molecule has 1 N–H and O–H groups in total. The number of amides is 2. The van der Waals surface area contributed by atoms with Crippen LogP contribution in [0.15, 0.2) is 48.5 Å². The van der Waals surface area contributed by atoms with E-state index in [0.717, 1.165) is 10.6 Å². The molecule has 0 aliphatic heterocycles. The van der Waals surface area contributed by atoms with Crippen molar-refractivity contribution in [3.05, 3.63) is 59.7 Å². The zero-order chi connectivity index (χ0) is 21.2. The minimum absolute atomic E-state index is 0.0275. The van der Waals surface area contributed by atoms with Crippen molar-refractivity contribution in [3.8, 4) is 11.5 Å². The van der Waals surface area contributed by atoms with Crippen LogP contribution in [0.1, 0.15) is 23.6 Å². The van der Waals surface area contributed by atoms with E-state index in [1.807, 2.05) is 30.3 Å². The summed E-state index contributed by atoms with van der Waals surface area (Å²) >= 11 is 0. The van der Waals surface area contributed by atoms with E-state index in [2.05, 4.69) is 5.32 Å². The number of hydroxylamine groups is 2. The average molecular weight is 402 g/mol. The Kier molecular flexibility index (Phi) is 8.29. The number of hydrogen-bond donors (Lipinski definition) is 1. The molecule has 0 fully saturated rings. The second-order valence-corrected chi connectivity index (χ2v) is 6.15. The molecular formula is C21H26N2O6. The first-order valence-corrected chi connectivity index (χ1v) is 8.98. The summed E-state index contributed by atoms with van der Waals surface area (Å²) in [6.45, 7) is 0.122. The third-order valence-corrected chi connectivity index (χ3v) is 4.32. The summed E-state index contributed by atoms with van der Waals surface area (Å²) < 4.78 is 15.9. The van der Waals surface area contributed by atoms with Gasteiger partial charge in [-0.3, -0.25) is 9.63 Å². The van der Waals surface area contributed by atoms with Crippen LogP contribution in [0.4, 0.5) is 4.79 Å². The number of nitrogens with one attached hydrogen (secondary N) is 1. The minimum atomic E-state index is -0.650. The molecule has 0 aliphatic carbocycles. The molecule has 0 aromatic heterocycles. The van der Waals surface area contributed by atoms with Gasteiger partial charge in [0.2, 0.25) is 5.91 Å². The van der Waals surface area contributed by atoms with Gasteiger partial charge in [-0.05, 0) is 23.3 Å². The molecule has 156 valence electrons. The molecule has 0 bridgehead atoms. The van der Waals surface area contributed by atoms with Crippen molar-refractivity contribution in [2.75, 3.05) is 28.4 Å². The Hall–Kier alpha value is -3.26. The number of ether oxygens (including phenoxy) is 3. The maximum atomic E-state index is 12.4. The number of hydrogen-bond acceptors (Lipinski definition) is 6. The summed E-state index contributed by atoms with van der Waals surface area (Å²) in [6, 6.07) is 13.8. The van der Waals surface area contributed by atoms with Crippen molar-refractivity contribution >= 4 is 12.0 Å². The fourth-order valence-electron chi connectivity index (χ4n) is 2.63. The molecule has 2 aromatic carbocycles. The molecule has 2 aromatic rings. The highest BCUT2D eigenvalue weighted by molar-refractivity contribution is 5.77. The summed E-state index contributed by atoms with van der Waals surface area (Å²) in [4.78, 5) is 29.6. The molecule has 0 unspecified atom stereocenters. The molecule has 8 heteroatoms. The van der Waals surface area contributed by atoms with Crippen LogP contribution in [0.25, 0.3) is 0 Å². The predicted molar refractivity (Wildman–Crippen MR) is 106 cm³/mol. The van der Waals surface area contributed by atoms with E-state index in [-0.39, 0.29) is 18.9 Å². The van der Waals surface area contributed by atoms with Crippen molar-refractivity contribution in [1.82, 2.24) is 10.4 Å². The van der Waals surface area contributed by atoms with Gasteiger partial charge in [-0.1, -0.05) is 36.4 Å². The Labute approximate surface area is 170 Å². The predicted octanol–water partition coefficient (Wildman–Crippen LogP) is 3.08. The number of methoxy groups -OCH3 is 2. The van der Waals surface area contributed by atoms with Crippen LogP contribution in [-0.4, -0.2) is 45.4 Å². The molecule has 0 radical (unpaired) electrons. The summed E-state index contributed by atoms with van der Waals surface area (Å²) in [5, 5.41) is 3.84. The van der Waals surface area contributed by atoms with Crippen molar-refractivity contribution < 1.29 is 28.6 Å². The summed E-state index contributed by atoms with van der Waals surface area (Å²) in [7, 11) is 5.94. The number of rotatable bonds is 9. The van der Waals surface area contributed by atoms with Crippen LogP contribution in [0, 0.1) is 0 Å². The van der Waals surface area contributed by atoms with Crippen molar-refractivity contribution in [1.29, 1.82) is 0 Å². The maximum absolute atomic E-state index is 12.4. The number of benzene rings is 2. The van der Waals surface area contributed by atoms with Gasteiger partial charge >= 0.3 is 6.09 Å². The fraction of sp³-hybridized carbons (Fsp3) is 0.333. The quantitative estimate of drug-likeness (QED) is 0.649. The Balaban J connectivity index is 2.16. The lowest BCUT2D eigenvalue weighted by atomic mass is 10.0. The lowest BCUT2D eigenvalue weighted by molar-refractivity contribution is -0.169. The molecular weight excluding hydrogens is 376 g/mol. The molecule has 29 heavy (non-hydrogen) atoms. The van der Waals surface area contributed by atoms with Crippen molar-refractivity contribution in [3.63, 3.8) is 0 Å². The maximum Gasteiger partial charge on any atom is 0.407 e. The average Bonchev–Trinajstić information content (AvgIpc) is 2.76. The second-order valence-electron chi connectivity index (χ2n) is 6.15. The number of carbonyl (C=O) groups excluding carboxylic acids is 2. The van der Waals surface area contributed by atoms with E-state index in [1.54, 1.807) is 18.2 Å². The molecule has 2 rings (SSSR count). The number of nitrogens with zero attached hydrogens (tertiary/aromatic N) is 1. The molecule has 8 nitrogen and oxygen atoms in total. The molecule has 2 amide bonds. The summed E-state index contributed by atoms with van der Waals surface area (Å²) in [6.07, 6.45) is -0.665. The van der Waals surface area contributed by atoms with Crippen molar-refractivity contribution in [2.24, 2.45) is 0 Å². The zero-order valence-electron chi connectivity index (χ0n) is 17.0. The molecule has 0 saturated heterocycles. The highest BCUT2D eigenvalue weighted by Crippen LogP contribution is 2.31. The first kappa shape index (κ1) is 22.0. The number of carbonyl (C=O) groups is 2. The SMILES string of the molecule is COc1ccc([C@H](CC(=O)N(C)OC)NC(=O)OCc2ccccc2)cc1OC. The van der Waals surface area contributed by atoms with Gasteiger partial charge in [0, 0.05) is 7.05 Å². The third-order valence-electron chi connectivity index (χ3n) is 4.32.